The molecular formula is C14H13N5OS. The number of benzene rings is 1. The van der Waals surface area contributed by atoms with Crippen LogP contribution in [0.4, 0.5) is 0 Å². The third-order valence-corrected chi connectivity index (χ3v) is 4.36. The number of hydrogen-bond acceptors (Lipinski definition) is 5. The van der Waals surface area contributed by atoms with Gasteiger partial charge in [0.05, 0.1) is 11.7 Å². The molecule has 1 atom stereocenters. The zero-order valence-electron chi connectivity index (χ0n) is 11.2. The van der Waals surface area contributed by atoms with Crippen LogP contribution in [0.25, 0.3) is 11.0 Å². The van der Waals surface area contributed by atoms with Gasteiger partial charge in [-0.25, -0.2) is 0 Å². The van der Waals surface area contributed by atoms with Crippen molar-refractivity contribution in [1.82, 2.24) is 23.8 Å². The van der Waals surface area contributed by atoms with Crippen molar-refractivity contribution in [3.05, 3.63) is 41.7 Å². The first kappa shape index (κ1) is 12.5. The van der Waals surface area contributed by atoms with Crippen LogP contribution in [0.1, 0.15) is 22.5 Å². The molecule has 106 valence electrons. The van der Waals surface area contributed by atoms with Crippen LogP contribution < -0.4 is 5.32 Å². The number of fused-ring (bicyclic) bond motifs is 2. The molecule has 0 unspecified atom stereocenters. The fourth-order valence-electron chi connectivity index (χ4n) is 2.68. The van der Waals surface area contributed by atoms with E-state index in [-0.39, 0.29) is 11.9 Å². The van der Waals surface area contributed by atoms with Gasteiger partial charge in [0.15, 0.2) is 0 Å². The molecule has 0 bridgehead atoms. The number of aromatic nitrogens is 4. The van der Waals surface area contributed by atoms with Gasteiger partial charge < -0.3 is 5.32 Å². The van der Waals surface area contributed by atoms with Gasteiger partial charge in [0, 0.05) is 36.5 Å². The molecule has 1 aliphatic rings. The fraction of sp³-hybridized carbons (Fsp3) is 0.286. The molecule has 1 aromatic carbocycles. The Hall–Kier alpha value is -2.28. The SMILES string of the molecule is O=C(N[C@H]1CCn2nccc2C1)c1ccc2nsnc2c1. The van der Waals surface area contributed by atoms with Crippen molar-refractivity contribution in [1.29, 1.82) is 0 Å². The van der Waals surface area contributed by atoms with E-state index >= 15 is 0 Å². The van der Waals surface area contributed by atoms with E-state index in [0.29, 0.717) is 5.56 Å². The largest absolute Gasteiger partial charge is 0.349 e. The second-order valence-corrected chi connectivity index (χ2v) is 5.71. The molecule has 0 spiro atoms. The van der Waals surface area contributed by atoms with Gasteiger partial charge >= 0.3 is 0 Å². The number of aryl methyl sites for hydroxylation is 1. The van der Waals surface area contributed by atoms with E-state index in [2.05, 4.69) is 19.2 Å². The zero-order chi connectivity index (χ0) is 14.2. The highest BCUT2D eigenvalue weighted by Gasteiger charge is 2.21. The average molecular weight is 299 g/mol. The summed E-state index contributed by atoms with van der Waals surface area (Å²) in [6.07, 6.45) is 3.54. The van der Waals surface area contributed by atoms with Gasteiger partial charge in [-0.2, -0.15) is 13.8 Å². The van der Waals surface area contributed by atoms with E-state index < -0.39 is 0 Å². The van der Waals surface area contributed by atoms with Crippen LogP contribution in [0.15, 0.2) is 30.5 Å². The first-order valence-electron chi connectivity index (χ1n) is 6.83. The van der Waals surface area contributed by atoms with E-state index in [1.165, 1.54) is 5.69 Å². The first-order valence-corrected chi connectivity index (χ1v) is 7.56. The van der Waals surface area contributed by atoms with E-state index in [4.69, 9.17) is 0 Å². The molecule has 0 radical (unpaired) electrons. The van der Waals surface area contributed by atoms with E-state index in [1.54, 1.807) is 12.1 Å². The summed E-state index contributed by atoms with van der Waals surface area (Å²) < 4.78 is 10.3. The summed E-state index contributed by atoms with van der Waals surface area (Å²) in [5.41, 5.74) is 3.41. The van der Waals surface area contributed by atoms with Crippen molar-refractivity contribution in [2.45, 2.75) is 25.4 Å². The van der Waals surface area contributed by atoms with Crippen molar-refractivity contribution >= 4 is 28.7 Å². The van der Waals surface area contributed by atoms with Crippen LogP contribution in [0.3, 0.4) is 0 Å². The lowest BCUT2D eigenvalue weighted by atomic mass is 10.0. The van der Waals surface area contributed by atoms with Crippen molar-refractivity contribution in [3.63, 3.8) is 0 Å². The van der Waals surface area contributed by atoms with Crippen molar-refractivity contribution < 1.29 is 4.79 Å². The standard InChI is InChI=1S/C14H13N5OS/c20-14(9-1-2-12-13(7-9)18-21-17-12)16-10-4-6-19-11(8-10)3-5-15-19/h1-3,5,7,10H,4,6,8H2,(H,16,20)/t10-/m0/s1. The minimum absolute atomic E-state index is 0.0529. The molecule has 3 aromatic rings. The summed E-state index contributed by atoms with van der Waals surface area (Å²) in [6.45, 7) is 0.850. The number of carbonyl (C=O) groups excluding carboxylic acids is 1. The lowest BCUT2D eigenvalue weighted by molar-refractivity contribution is 0.0930. The molecule has 7 heteroatoms. The lowest BCUT2D eigenvalue weighted by Crippen LogP contribution is -2.40. The molecule has 1 N–H and O–H groups in total. The Kier molecular flexibility index (Phi) is 2.92. The summed E-state index contributed by atoms with van der Waals surface area (Å²) >= 11 is 1.16. The molecule has 3 heterocycles. The summed E-state index contributed by atoms with van der Waals surface area (Å²) in [5, 5.41) is 7.34. The molecule has 0 saturated carbocycles. The Labute approximate surface area is 125 Å². The number of carbonyl (C=O) groups is 1. The quantitative estimate of drug-likeness (QED) is 0.780. The molecule has 21 heavy (non-hydrogen) atoms. The summed E-state index contributed by atoms with van der Waals surface area (Å²) in [4.78, 5) is 12.4. The smallest absolute Gasteiger partial charge is 0.251 e. The van der Waals surface area contributed by atoms with Gasteiger partial charge in [0.2, 0.25) is 0 Å². The van der Waals surface area contributed by atoms with Crippen LogP contribution in [-0.4, -0.2) is 30.5 Å². The maximum absolute atomic E-state index is 12.4. The lowest BCUT2D eigenvalue weighted by Gasteiger charge is -2.24. The van der Waals surface area contributed by atoms with Crippen LogP contribution in [0.2, 0.25) is 0 Å². The number of nitrogens with zero attached hydrogens (tertiary/aromatic N) is 4. The second kappa shape index (κ2) is 4.92. The monoisotopic (exact) mass is 299 g/mol. The number of rotatable bonds is 2. The van der Waals surface area contributed by atoms with E-state index in [9.17, 15) is 4.79 Å². The highest BCUT2D eigenvalue weighted by atomic mass is 32.1. The van der Waals surface area contributed by atoms with Gasteiger partial charge in [-0.05, 0) is 30.7 Å². The molecule has 0 fully saturated rings. The van der Waals surface area contributed by atoms with Gasteiger partial charge in [-0.15, -0.1) is 0 Å². The Balaban J connectivity index is 1.50. The van der Waals surface area contributed by atoms with Gasteiger partial charge in [-0.3, -0.25) is 9.48 Å². The maximum Gasteiger partial charge on any atom is 0.251 e. The molecule has 1 amide bonds. The Morgan fingerprint density at radius 2 is 2.19 bits per heavy atom. The van der Waals surface area contributed by atoms with Crippen LogP contribution in [0.5, 0.6) is 0 Å². The maximum atomic E-state index is 12.4. The Bertz CT molecular complexity index is 808. The summed E-state index contributed by atoms with van der Waals surface area (Å²) in [6, 6.07) is 7.59. The van der Waals surface area contributed by atoms with Crippen molar-refractivity contribution in [2.75, 3.05) is 0 Å². The molecule has 6 nitrogen and oxygen atoms in total. The summed E-state index contributed by atoms with van der Waals surface area (Å²) in [5.74, 6) is -0.0529. The van der Waals surface area contributed by atoms with Gasteiger partial charge in [0.1, 0.15) is 11.0 Å². The molecular weight excluding hydrogens is 286 g/mol. The third kappa shape index (κ3) is 2.29. The molecule has 1 aliphatic heterocycles. The van der Waals surface area contributed by atoms with Crippen LogP contribution in [-0.2, 0) is 13.0 Å². The number of hydrogen-bond donors (Lipinski definition) is 1. The topological polar surface area (TPSA) is 72.7 Å². The molecule has 4 rings (SSSR count). The fourth-order valence-corrected chi connectivity index (χ4v) is 3.20. The van der Waals surface area contributed by atoms with Gasteiger partial charge in [0.25, 0.3) is 5.91 Å². The second-order valence-electron chi connectivity index (χ2n) is 5.18. The molecule has 0 aliphatic carbocycles. The first-order chi connectivity index (χ1) is 10.3. The minimum atomic E-state index is -0.0529. The normalized spacial score (nSPS) is 17.6. The highest BCUT2D eigenvalue weighted by Crippen LogP contribution is 2.16. The highest BCUT2D eigenvalue weighted by molar-refractivity contribution is 7.00. The Morgan fingerprint density at radius 3 is 3.14 bits per heavy atom. The minimum Gasteiger partial charge on any atom is -0.349 e. The van der Waals surface area contributed by atoms with Crippen molar-refractivity contribution in [2.24, 2.45) is 0 Å². The van der Waals surface area contributed by atoms with Gasteiger partial charge in [-0.1, -0.05) is 0 Å². The predicted octanol–water partition coefficient (Wildman–Crippen LogP) is 1.63. The number of amides is 1. The number of nitrogens with one attached hydrogen (secondary N) is 1. The summed E-state index contributed by atoms with van der Waals surface area (Å²) in [7, 11) is 0. The third-order valence-electron chi connectivity index (χ3n) is 3.80. The van der Waals surface area contributed by atoms with Crippen molar-refractivity contribution in [3.8, 4) is 0 Å². The predicted molar refractivity (Wildman–Crippen MR) is 79.2 cm³/mol. The van der Waals surface area contributed by atoms with E-state index in [1.807, 2.05) is 23.0 Å². The molecule has 0 saturated heterocycles. The van der Waals surface area contributed by atoms with Crippen LogP contribution >= 0.6 is 11.7 Å². The van der Waals surface area contributed by atoms with E-state index in [0.717, 1.165) is 42.1 Å². The molecule has 2 aromatic heterocycles. The van der Waals surface area contributed by atoms with Crippen LogP contribution in [0, 0.1) is 0 Å². The Morgan fingerprint density at radius 1 is 1.29 bits per heavy atom. The zero-order valence-corrected chi connectivity index (χ0v) is 12.0. The average Bonchev–Trinajstić information content (AvgIpc) is 3.14.